The molecule has 2 aromatic carbocycles. The summed E-state index contributed by atoms with van der Waals surface area (Å²) in [5, 5.41) is 9.81. The SMILES string of the molecule is C[C@H]1CN(CCCc2ccccc2)CC[C@]1(C)c1cccc(O)c1. The number of phenols is 1. The Morgan fingerprint density at radius 1 is 1.12 bits per heavy atom. The minimum absolute atomic E-state index is 0.161. The molecule has 1 fully saturated rings. The maximum absolute atomic E-state index is 9.81. The summed E-state index contributed by atoms with van der Waals surface area (Å²) in [7, 11) is 0. The first-order chi connectivity index (χ1) is 11.6. The van der Waals surface area contributed by atoms with Gasteiger partial charge in [0.25, 0.3) is 0 Å². The third kappa shape index (κ3) is 3.81. The van der Waals surface area contributed by atoms with Crippen molar-refractivity contribution >= 4 is 0 Å². The zero-order valence-electron chi connectivity index (χ0n) is 14.9. The standard InChI is InChI=1S/C22H29NO/c1-18-17-23(14-7-10-19-8-4-3-5-9-19)15-13-22(18,2)20-11-6-12-21(24)16-20/h3-6,8-9,11-12,16,18,24H,7,10,13-15,17H2,1-2H3/t18-,22-/m0/s1. The second-order valence-corrected chi connectivity index (χ2v) is 7.51. The van der Waals surface area contributed by atoms with Gasteiger partial charge in [-0.3, -0.25) is 0 Å². The normalized spacial score (nSPS) is 24.8. The third-order valence-electron chi connectivity index (χ3n) is 5.86. The average molecular weight is 323 g/mol. The van der Waals surface area contributed by atoms with Crippen molar-refractivity contribution < 1.29 is 5.11 Å². The van der Waals surface area contributed by atoms with Gasteiger partial charge in [-0.2, -0.15) is 0 Å². The van der Waals surface area contributed by atoms with E-state index in [1.165, 1.54) is 24.1 Å². The smallest absolute Gasteiger partial charge is 0.115 e. The molecule has 1 N–H and O–H groups in total. The Morgan fingerprint density at radius 2 is 1.92 bits per heavy atom. The van der Waals surface area contributed by atoms with E-state index in [0.29, 0.717) is 11.7 Å². The van der Waals surface area contributed by atoms with Gasteiger partial charge >= 0.3 is 0 Å². The first kappa shape index (κ1) is 17.0. The van der Waals surface area contributed by atoms with Gasteiger partial charge in [0.15, 0.2) is 0 Å². The van der Waals surface area contributed by atoms with Crippen molar-refractivity contribution in [2.75, 3.05) is 19.6 Å². The fraction of sp³-hybridized carbons (Fsp3) is 0.455. The Kier molecular flexibility index (Phi) is 5.25. The molecule has 1 saturated heterocycles. The Hall–Kier alpha value is -1.80. The molecule has 0 saturated carbocycles. The predicted molar refractivity (Wildman–Crippen MR) is 100 cm³/mol. The van der Waals surface area contributed by atoms with Gasteiger partial charge in [0, 0.05) is 6.54 Å². The molecule has 0 bridgehead atoms. The van der Waals surface area contributed by atoms with E-state index < -0.39 is 0 Å². The molecule has 24 heavy (non-hydrogen) atoms. The van der Waals surface area contributed by atoms with Crippen LogP contribution in [0.25, 0.3) is 0 Å². The maximum Gasteiger partial charge on any atom is 0.115 e. The minimum atomic E-state index is 0.161. The van der Waals surface area contributed by atoms with Gasteiger partial charge in [-0.25, -0.2) is 0 Å². The van der Waals surface area contributed by atoms with Crippen molar-refractivity contribution in [3.63, 3.8) is 0 Å². The van der Waals surface area contributed by atoms with E-state index >= 15 is 0 Å². The van der Waals surface area contributed by atoms with Gasteiger partial charge in [-0.1, -0.05) is 56.3 Å². The molecule has 1 heterocycles. The highest BCUT2D eigenvalue weighted by Crippen LogP contribution is 2.40. The number of hydrogen-bond donors (Lipinski definition) is 1. The second kappa shape index (κ2) is 7.40. The van der Waals surface area contributed by atoms with Crippen LogP contribution in [0, 0.1) is 5.92 Å². The van der Waals surface area contributed by atoms with E-state index in [1.54, 1.807) is 6.07 Å². The number of rotatable bonds is 5. The summed E-state index contributed by atoms with van der Waals surface area (Å²) >= 11 is 0. The average Bonchev–Trinajstić information content (AvgIpc) is 2.59. The first-order valence-electron chi connectivity index (χ1n) is 9.14. The molecule has 0 unspecified atom stereocenters. The zero-order chi connectivity index (χ0) is 17.0. The zero-order valence-corrected chi connectivity index (χ0v) is 14.9. The molecule has 2 atom stereocenters. The molecule has 128 valence electrons. The number of hydrogen-bond acceptors (Lipinski definition) is 2. The van der Waals surface area contributed by atoms with Crippen molar-refractivity contribution in [3.05, 3.63) is 65.7 Å². The van der Waals surface area contributed by atoms with Crippen LogP contribution < -0.4 is 0 Å². The summed E-state index contributed by atoms with van der Waals surface area (Å²) in [6.07, 6.45) is 3.54. The van der Waals surface area contributed by atoms with E-state index in [4.69, 9.17) is 0 Å². The highest BCUT2D eigenvalue weighted by atomic mass is 16.3. The van der Waals surface area contributed by atoms with Gasteiger partial charge in [-0.15, -0.1) is 0 Å². The highest BCUT2D eigenvalue weighted by Gasteiger charge is 2.37. The van der Waals surface area contributed by atoms with Crippen LogP contribution in [0.15, 0.2) is 54.6 Å². The molecule has 2 heteroatoms. The lowest BCUT2D eigenvalue weighted by Crippen LogP contribution is -2.47. The van der Waals surface area contributed by atoms with Crippen LogP contribution in [-0.2, 0) is 11.8 Å². The van der Waals surface area contributed by atoms with E-state index in [2.05, 4.69) is 55.1 Å². The Bertz CT molecular complexity index is 654. The van der Waals surface area contributed by atoms with Crippen LogP contribution in [0.4, 0.5) is 0 Å². The topological polar surface area (TPSA) is 23.5 Å². The Labute approximate surface area is 146 Å². The number of aryl methyl sites for hydroxylation is 1. The number of likely N-dealkylation sites (tertiary alicyclic amines) is 1. The van der Waals surface area contributed by atoms with Gasteiger partial charge in [0.1, 0.15) is 5.75 Å². The minimum Gasteiger partial charge on any atom is -0.508 e. The van der Waals surface area contributed by atoms with Gasteiger partial charge in [-0.05, 0) is 66.9 Å². The van der Waals surface area contributed by atoms with E-state index in [0.717, 1.165) is 25.9 Å². The largest absolute Gasteiger partial charge is 0.508 e. The number of nitrogens with zero attached hydrogens (tertiary/aromatic N) is 1. The number of piperidine rings is 1. The Morgan fingerprint density at radius 3 is 2.62 bits per heavy atom. The molecule has 0 radical (unpaired) electrons. The summed E-state index contributed by atoms with van der Waals surface area (Å²) in [4.78, 5) is 2.61. The molecule has 3 rings (SSSR count). The van der Waals surface area contributed by atoms with Crippen molar-refractivity contribution in [1.29, 1.82) is 0 Å². The predicted octanol–water partition coefficient (Wildman–Crippen LogP) is 4.62. The lowest BCUT2D eigenvalue weighted by atomic mass is 9.68. The van der Waals surface area contributed by atoms with E-state index in [-0.39, 0.29) is 5.41 Å². The molecule has 0 aliphatic carbocycles. The Balaban J connectivity index is 1.55. The number of aromatic hydroxyl groups is 1. The van der Waals surface area contributed by atoms with Crippen LogP contribution in [0.3, 0.4) is 0 Å². The van der Waals surface area contributed by atoms with Gasteiger partial charge in [0.2, 0.25) is 0 Å². The lowest BCUT2D eigenvalue weighted by Gasteiger charge is -2.45. The molecule has 0 aromatic heterocycles. The molecular weight excluding hydrogens is 294 g/mol. The van der Waals surface area contributed by atoms with Crippen LogP contribution >= 0.6 is 0 Å². The van der Waals surface area contributed by atoms with Crippen molar-refractivity contribution in [2.24, 2.45) is 5.92 Å². The van der Waals surface area contributed by atoms with Crippen molar-refractivity contribution in [1.82, 2.24) is 4.90 Å². The molecule has 1 aliphatic heterocycles. The fourth-order valence-corrected chi connectivity index (χ4v) is 3.96. The monoisotopic (exact) mass is 323 g/mol. The van der Waals surface area contributed by atoms with Crippen LogP contribution in [-0.4, -0.2) is 29.6 Å². The van der Waals surface area contributed by atoms with E-state index in [1.807, 2.05) is 12.1 Å². The lowest BCUT2D eigenvalue weighted by molar-refractivity contribution is 0.110. The summed E-state index contributed by atoms with van der Waals surface area (Å²) < 4.78 is 0. The van der Waals surface area contributed by atoms with Crippen molar-refractivity contribution in [2.45, 2.75) is 38.5 Å². The molecular formula is C22H29NO. The first-order valence-corrected chi connectivity index (χ1v) is 9.14. The summed E-state index contributed by atoms with van der Waals surface area (Å²) in [6, 6.07) is 18.6. The summed E-state index contributed by atoms with van der Waals surface area (Å²) in [5.41, 5.74) is 2.88. The molecule has 2 aromatic rings. The maximum atomic E-state index is 9.81. The number of benzene rings is 2. The van der Waals surface area contributed by atoms with Crippen LogP contribution in [0.1, 0.15) is 37.8 Å². The summed E-state index contributed by atoms with van der Waals surface area (Å²) in [6.45, 7) is 8.17. The van der Waals surface area contributed by atoms with Crippen LogP contribution in [0.2, 0.25) is 0 Å². The van der Waals surface area contributed by atoms with Gasteiger partial charge < -0.3 is 10.0 Å². The second-order valence-electron chi connectivity index (χ2n) is 7.51. The summed E-state index contributed by atoms with van der Waals surface area (Å²) in [5.74, 6) is 0.969. The van der Waals surface area contributed by atoms with Crippen molar-refractivity contribution in [3.8, 4) is 5.75 Å². The third-order valence-corrected chi connectivity index (χ3v) is 5.86. The quantitative estimate of drug-likeness (QED) is 0.867. The molecule has 1 aliphatic rings. The molecule has 2 nitrogen and oxygen atoms in total. The molecule has 0 spiro atoms. The number of phenolic OH excluding ortho intramolecular Hbond substituents is 1. The van der Waals surface area contributed by atoms with Gasteiger partial charge in [0.05, 0.1) is 0 Å². The van der Waals surface area contributed by atoms with Crippen LogP contribution in [0.5, 0.6) is 5.75 Å². The molecule has 0 amide bonds. The van der Waals surface area contributed by atoms with E-state index in [9.17, 15) is 5.11 Å². The highest BCUT2D eigenvalue weighted by molar-refractivity contribution is 5.33. The fourth-order valence-electron chi connectivity index (χ4n) is 3.96.